The number of likely N-dealkylation sites (tertiary alicyclic amines) is 1. The molecular weight excluding hydrogens is 398 g/mol. The topological polar surface area (TPSA) is 62.3 Å². The summed E-state index contributed by atoms with van der Waals surface area (Å²) in [5, 5.41) is 3.30. The molecule has 1 N–H and O–H groups in total. The summed E-state index contributed by atoms with van der Waals surface area (Å²) in [7, 11) is 0. The SMILES string of the molecule is O=C(/C=C/c1cccnc1Cl)NCCCCC1CCN(C(=O)c2ccccc2)CC1. The first-order chi connectivity index (χ1) is 14.6. The molecule has 6 heteroatoms. The normalized spacial score (nSPS) is 14.8. The van der Waals surface area contributed by atoms with Crippen LogP contribution in [0.1, 0.15) is 48.0 Å². The number of pyridine rings is 1. The Labute approximate surface area is 183 Å². The molecule has 1 saturated heterocycles. The van der Waals surface area contributed by atoms with Crippen LogP contribution in [-0.2, 0) is 4.79 Å². The highest BCUT2D eigenvalue weighted by atomic mass is 35.5. The largest absolute Gasteiger partial charge is 0.353 e. The molecule has 1 aliphatic heterocycles. The maximum atomic E-state index is 12.5. The van der Waals surface area contributed by atoms with Gasteiger partial charge in [-0.05, 0) is 49.5 Å². The van der Waals surface area contributed by atoms with Gasteiger partial charge in [0.1, 0.15) is 5.15 Å². The summed E-state index contributed by atoms with van der Waals surface area (Å²) in [5.41, 5.74) is 1.50. The molecule has 0 saturated carbocycles. The predicted octanol–water partition coefficient (Wildman–Crippen LogP) is 4.59. The Balaban J connectivity index is 1.28. The molecule has 5 nitrogen and oxygen atoms in total. The van der Waals surface area contributed by atoms with Gasteiger partial charge in [0, 0.05) is 43.0 Å². The summed E-state index contributed by atoms with van der Waals surface area (Å²) >= 11 is 5.97. The average Bonchev–Trinajstić information content (AvgIpc) is 2.79. The molecule has 1 fully saturated rings. The second-order valence-corrected chi connectivity index (χ2v) is 7.96. The molecular formula is C24H28ClN3O2. The van der Waals surface area contributed by atoms with Crippen molar-refractivity contribution in [2.24, 2.45) is 5.92 Å². The maximum Gasteiger partial charge on any atom is 0.253 e. The zero-order valence-corrected chi connectivity index (χ0v) is 17.9. The van der Waals surface area contributed by atoms with Gasteiger partial charge in [-0.25, -0.2) is 4.98 Å². The van der Waals surface area contributed by atoms with Crippen molar-refractivity contribution in [2.75, 3.05) is 19.6 Å². The summed E-state index contributed by atoms with van der Waals surface area (Å²) in [5.74, 6) is 0.674. The monoisotopic (exact) mass is 425 g/mol. The molecule has 3 rings (SSSR count). The molecule has 1 aliphatic rings. The van der Waals surface area contributed by atoms with Crippen LogP contribution in [0.15, 0.2) is 54.7 Å². The van der Waals surface area contributed by atoms with Crippen LogP contribution in [0.2, 0.25) is 5.15 Å². The Morgan fingerprint density at radius 3 is 2.60 bits per heavy atom. The van der Waals surface area contributed by atoms with Gasteiger partial charge in [0.05, 0.1) is 0 Å². The number of unbranched alkanes of at least 4 members (excludes halogenated alkanes) is 1. The van der Waals surface area contributed by atoms with Gasteiger partial charge >= 0.3 is 0 Å². The van der Waals surface area contributed by atoms with Gasteiger partial charge < -0.3 is 10.2 Å². The Morgan fingerprint density at radius 1 is 1.10 bits per heavy atom. The Morgan fingerprint density at radius 2 is 1.87 bits per heavy atom. The average molecular weight is 426 g/mol. The number of aromatic nitrogens is 1. The maximum absolute atomic E-state index is 12.5. The number of hydrogen-bond donors (Lipinski definition) is 1. The molecule has 0 spiro atoms. The second-order valence-electron chi connectivity index (χ2n) is 7.61. The van der Waals surface area contributed by atoms with Gasteiger partial charge in [0.15, 0.2) is 0 Å². The number of nitrogens with one attached hydrogen (secondary N) is 1. The number of carbonyl (C=O) groups excluding carboxylic acids is 2. The van der Waals surface area contributed by atoms with Crippen LogP contribution in [0.5, 0.6) is 0 Å². The molecule has 0 atom stereocenters. The van der Waals surface area contributed by atoms with E-state index in [2.05, 4.69) is 10.3 Å². The molecule has 0 bridgehead atoms. The van der Waals surface area contributed by atoms with E-state index in [-0.39, 0.29) is 11.8 Å². The lowest BCUT2D eigenvalue weighted by Crippen LogP contribution is -2.38. The summed E-state index contributed by atoms with van der Waals surface area (Å²) in [6.45, 7) is 2.32. The van der Waals surface area contributed by atoms with E-state index in [9.17, 15) is 9.59 Å². The van der Waals surface area contributed by atoms with Crippen LogP contribution in [0.25, 0.3) is 6.08 Å². The molecule has 0 aliphatic carbocycles. The molecule has 2 amide bonds. The first kappa shape index (κ1) is 22.0. The van der Waals surface area contributed by atoms with Crippen molar-refractivity contribution in [2.45, 2.75) is 32.1 Å². The van der Waals surface area contributed by atoms with Gasteiger partial charge in [-0.15, -0.1) is 0 Å². The lowest BCUT2D eigenvalue weighted by molar-refractivity contribution is -0.116. The lowest BCUT2D eigenvalue weighted by atomic mass is 9.91. The first-order valence-electron chi connectivity index (χ1n) is 10.5. The summed E-state index contributed by atoms with van der Waals surface area (Å²) in [6.07, 6.45) is 10.1. The number of nitrogens with zero attached hydrogens (tertiary/aromatic N) is 2. The minimum Gasteiger partial charge on any atom is -0.353 e. The molecule has 2 heterocycles. The van der Waals surface area contributed by atoms with Crippen molar-refractivity contribution in [3.05, 3.63) is 71.0 Å². The Kier molecular flexibility index (Phi) is 8.45. The highest BCUT2D eigenvalue weighted by Crippen LogP contribution is 2.23. The number of hydrogen-bond acceptors (Lipinski definition) is 3. The van der Waals surface area contributed by atoms with Crippen molar-refractivity contribution in [3.63, 3.8) is 0 Å². The fraction of sp³-hybridized carbons (Fsp3) is 0.375. The van der Waals surface area contributed by atoms with E-state index in [1.165, 1.54) is 6.08 Å². The second kappa shape index (κ2) is 11.5. The lowest BCUT2D eigenvalue weighted by Gasteiger charge is -2.32. The van der Waals surface area contributed by atoms with Crippen LogP contribution in [0.4, 0.5) is 0 Å². The van der Waals surface area contributed by atoms with Crippen LogP contribution in [0.3, 0.4) is 0 Å². The quantitative estimate of drug-likeness (QED) is 0.382. The van der Waals surface area contributed by atoms with Gasteiger partial charge in [-0.3, -0.25) is 9.59 Å². The van der Waals surface area contributed by atoms with Gasteiger partial charge in [-0.2, -0.15) is 0 Å². The third-order valence-corrected chi connectivity index (χ3v) is 5.78. The zero-order valence-electron chi connectivity index (χ0n) is 17.1. The van der Waals surface area contributed by atoms with Gasteiger partial charge in [0.25, 0.3) is 5.91 Å². The predicted molar refractivity (Wildman–Crippen MR) is 120 cm³/mol. The molecule has 0 radical (unpaired) electrons. The third kappa shape index (κ3) is 6.70. The van der Waals surface area contributed by atoms with Crippen molar-refractivity contribution < 1.29 is 9.59 Å². The van der Waals surface area contributed by atoms with E-state index in [1.807, 2.05) is 41.3 Å². The number of halogens is 1. The van der Waals surface area contributed by atoms with Crippen LogP contribution < -0.4 is 5.32 Å². The number of piperidine rings is 1. The van der Waals surface area contributed by atoms with Crippen molar-refractivity contribution in [1.29, 1.82) is 0 Å². The Bertz CT molecular complexity index is 862. The fourth-order valence-electron chi connectivity index (χ4n) is 3.70. The number of benzene rings is 1. The minimum atomic E-state index is -0.123. The van der Waals surface area contributed by atoms with E-state index in [1.54, 1.807) is 18.3 Å². The summed E-state index contributed by atoms with van der Waals surface area (Å²) < 4.78 is 0. The fourth-order valence-corrected chi connectivity index (χ4v) is 3.89. The smallest absolute Gasteiger partial charge is 0.253 e. The molecule has 158 valence electrons. The molecule has 2 aromatic rings. The minimum absolute atomic E-state index is 0.123. The number of amides is 2. The van der Waals surface area contributed by atoms with Gasteiger partial charge in [-0.1, -0.05) is 48.7 Å². The van der Waals surface area contributed by atoms with E-state index in [0.717, 1.165) is 56.3 Å². The van der Waals surface area contributed by atoms with E-state index >= 15 is 0 Å². The zero-order chi connectivity index (χ0) is 21.2. The Hall–Kier alpha value is -2.66. The summed E-state index contributed by atoms with van der Waals surface area (Å²) in [6, 6.07) is 13.1. The van der Waals surface area contributed by atoms with E-state index in [0.29, 0.717) is 17.6 Å². The molecule has 1 aromatic carbocycles. The highest BCUT2D eigenvalue weighted by Gasteiger charge is 2.23. The number of carbonyl (C=O) groups is 2. The van der Waals surface area contributed by atoms with Gasteiger partial charge in [0.2, 0.25) is 5.91 Å². The van der Waals surface area contributed by atoms with Crippen LogP contribution >= 0.6 is 11.6 Å². The molecule has 1 aromatic heterocycles. The van der Waals surface area contributed by atoms with Crippen molar-refractivity contribution in [3.8, 4) is 0 Å². The van der Waals surface area contributed by atoms with Crippen molar-refractivity contribution >= 4 is 29.5 Å². The van der Waals surface area contributed by atoms with Crippen LogP contribution in [0, 0.1) is 5.92 Å². The van der Waals surface area contributed by atoms with E-state index in [4.69, 9.17) is 11.6 Å². The summed E-state index contributed by atoms with van der Waals surface area (Å²) in [4.78, 5) is 30.4. The first-order valence-corrected chi connectivity index (χ1v) is 10.9. The number of rotatable bonds is 8. The highest BCUT2D eigenvalue weighted by molar-refractivity contribution is 6.30. The van der Waals surface area contributed by atoms with E-state index < -0.39 is 0 Å². The standard InChI is InChI=1S/C24H28ClN3O2/c25-23-20(10-6-16-27-23)11-12-22(29)26-15-5-4-7-19-13-17-28(18-14-19)24(30)21-8-2-1-3-9-21/h1-3,6,8-12,16,19H,4-5,7,13-15,17-18H2,(H,26,29)/b12-11+. The van der Waals surface area contributed by atoms with Crippen molar-refractivity contribution in [1.82, 2.24) is 15.2 Å². The molecule has 0 unspecified atom stereocenters. The molecule has 30 heavy (non-hydrogen) atoms. The third-order valence-electron chi connectivity index (χ3n) is 5.46. The van der Waals surface area contributed by atoms with Crippen LogP contribution in [-0.4, -0.2) is 41.3 Å².